The standard InChI is InChI=1S/C16H21NO5/c1-9-6-11(19)7-10(2)13(9)12(8-18)14(15(20)21)17-22-16(3,4)5/h6-7,14,17,19H,1-5H3,(H,20,21)/t14-/m0/s1. The van der Waals surface area contributed by atoms with Gasteiger partial charge < -0.3 is 10.2 Å². The van der Waals surface area contributed by atoms with Gasteiger partial charge >= 0.3 is 5.97 Å². The largest absolute Gasteiger partial charge is 0.508 e. The summed E-state index contributed by atoms with van der Waals surface area (Å²) in [7, 11) is 0. The summed E-state index contributed by atoms with van der Waals surface area (Å²) in [5.41, 5.74) is 3.32. The first-order valence-corrected chi connectivity index (χ1v) is 6.78. The van der Waals surface area contributed by atoms with E-state index in [-0.39, 0.29) is 11.3 Å². The second kappa shape index (κ2) is 6.75. The number of aromatic hydroxyl groups is 1. The predicted octanol–water partition coefficient (Wildman–Crippen LogP) is 2.00. The first-order chi connectivity index (χ1) is 10.1. The van der Waals surface area contributed by atoms with Crippen molar-refractivity contribution in [1.29, 1.82) is 0 Å². The number of carbonyl (C=O) groups is 1. The fourth-order valence-corrected chi connectivity index (χ4v) is 2.09. The van der Waals surface area contributed by atoms with Crippen LogP contribution in [0.2, 0.25) is 0 Å². The molecule has 0 aliphatic heterocycles. The molecule has 0 heterocycles. The summed E-state index contributed by atoms with van der Waals surface area (Å²) in [5.74, 6) is 0.494. The Bertz CT molecular complexity index is 601. The van der Waals surface area contributed by atoms with Gasteiger partial charge in [0.2, 0.25) is 0 Å². The minimum absolute atomic E-state index is 0.0507. The number of carbonyl (C=O) groups excluding carboxylic acids is 1. The molecule has 6 heteroatoms. The lowest BCUT2D eigenvalue weighted by Crippen LogP contribution is -2.42. The third-order valence-electron chi connectivity index (χ3n) is 2.92. The highest BCUT2D eigenvalue weighted by Gasteiger charge is 2.29. The first kappa shape index (κ1) is 17.9. The van der Waals surface area contributed by atoms with Crippen LogP contribution >= 0.6 is 0 Å². The Morgan fingerprint density at radius 1 is 1.27 bits per heavy atom. The SMILES string of the molecule is Cc1cc(O)cc(C)c1C(=C=O)[C@H](NOC(C)(C)C)C(=O)O. The average molecular weight is 307 g/mol. The highest BCUT2D eigenvalue weighted by Crippen LogP contribution is 2.28. The normalized spacial score (nSPS) is 12.6. The number of hydrogen-bond donors (Lipinski definition) is 3. The molecule has 120 valence electrons. The molecule has 6 nitrogen and oxygen atoms in total. The Balaban J connectivity index is 3.28. The van der Waals surface area contributed by atoms with Gasteiger partial charge in [-0.25, -0.2) is 4.79 Å². The molecule has 0 radical (unpaired) electrons. The van der Waals surface area contributed by atoms with Crippen LogP contribution in [-0.4, -0.2) is 33.8 Å². The Morgan fingerprint density at radius 2 is 1.77 bits per heavy atom. The number of nitrogens with one attached hydrogen (secondary N) is 1. The maximum atomic E-state index is 11.5. The van der Waals surface area contributed by atoms with Crippen molar-refractivity contribution in [3.8, 4) is 5.75 Å². The van der Waals surface area contributed by atoms with Crippen molar-refractivity contribution in [1.82, 2.24) is 5.48 Å². The monoisotopic (exact) mass is 307 g/mol. The van der Waals surface area contributed by atoms with Crippen LogP contribution in [0.1, 0.15) is 37.5 Å². The highest BCUT2D eigenvalue weighted by atomic mass is 16.7. The van der Waals surface area contributed by atoms with Crippen molar-refractivity contribution >= 4 is 17.5 Å². The van der Waals surface area contributed by atoms with E-state index in [4.69, 9.17) is 4.84 Å². The zero-order chi connectivity index (χ0) is 17.1. The zero-order valence-corrected chi connectivity index (χ0v) is 13.4. The van der Waals surface area contributed by atoms with Gasteiger partial charge in [0.15, 0.2) is 6.04 Å². The lowest BCUT2D eigenvalue weighted by atomic mass is 9.92. The Morgan fingerprint density at radius 3 is 2.14 bits per heavy atom. The number of carboxylic acid groups (broad SMARTS) is 1. The number of phenols is 1. The molecule has 22 heavy (non-hydrogen) atoms. The predicted molar refractivity (Wildman–Crippen MR) is 82.1 cm³/mol. The molecule has 0 spiro atoms. The van der Waals surface area contributed by atoms with Crippen LogP contribution in [0.15, 0.2) is 12.1 Å². The van der Waals surface area contributed by atoms with Gasteiger partial charge in [-0.05, 0) is 63.4 Å². The molecule has 0 aliphatic carbocycles. The molecule has 0 saturated carbocycles. The van der Waals surface area contributed by atoms with Crippen molar-refractivity contribution < 1.29 is 24.6 Å². The minimum atomic E-state index is -1.36. The number of hydroxylamine groups is 1. The lowest BCUT2D eigenvalue weighted by Gasteiger charge is -2.24. The fraction of sp³-hybridized carbons (Fsp3) is 0.438. The average Bonchev–Trinajstić information content (AvgIpc) is 2.33. The summed E-state index contributed by atoms with van der Waals surface area (Å²) in [4.78, 5) is 28.2. The van der Waals surface area contributed by atoms with Gasteiger partial charge in [-0.1, -0.05) is 0 Å². The number of hydrogen-bond acceptors (Lipinski definition) is 5. The van der Waals surface area contributed by atoms with Gasteiger partial charge in [0.05, 0.1) is 11.2 Å². The maximum absolute atomic E-state index is 11.5. The van der Waals surface area contributed by atoms with Gasteiger partial charge in [0.1, 0.15) is 11.7 Å². The van der Waals surface area contributed by atoms with Gasteiger partial charge in [-0.2, -0.15) is 5.48 Å². The van der Waals surface area contributed by atoms with Gasteiger partial charge in [0.25, 0.3) is 0 Å². The van der Waals surface area contributed by atoms with E-state index in [9.17, 15) is 19.8 Å². The summed E-state index contributed by atoms with van der Waals surface area (Å²) in [6.45, 7) is 8.62. The fourth-order valence-electron chi connectivity index (χ4n) is 2.09. The van der Waals surface area contributed by atoms with Crippen molar-refractivity contribution in [2.24, 2.45) is 0 Å². The van der Waals surface area contributed by atoms with E-state index in [1.165, 1.54) is 12.1 Å². The van der Waals surface area contributed by atoms with E-state index in [2.05, 4.69) is 5.48 Å². The molecule has 0 bridgehead atoms. The molecule has 0 aliphatic rings. The molecule has 0 saturated heterocycles. The molecule has 1 atom stereocenters. The molecule has 1 aromatic rings. The second-order valence-electron chi connectivity index (χ2n) is 6.07. The van der Waals surface area contributed by atoms with E-state index in [0.29, 0.717) is 16.7 Å². The molecule has 0 aromatic heterocycles. The summed E-state index contributed by atoms with van der Waals surface area (Å²) in [6.07, 6.45) is 0. The number of phenolic OH excluding ortho intramolecular Hbond substituents is 1. The van der Waals surface area contributed by atoms with Crippen LogP contribution in [0.25, 0.3) is 5.57 Å². The zero-order valence-electron chi connectivity index (χ0n) is 13.4. The number of aryl methyl sites for hydroxylation is 2. The molecule has 0 unspecified atom stereocenters. The molecule has 1 rings (SSSR count). The Hall–Kier alpha value is -2.14. The second-order valence-corrected chi connectivity index (χ2v) is 6.07. The van der Waals surface area contributed by atoms with Crippen LogP contribution in [0.3, 0.4) is 0 Å². The third-order valence-corrected chi connectivity index (χ3v) is 2.92. The third kappa shape index (κ3) is 4.43. The van der Waals surface area contributed by atoms with Gasteiger partial charge in [-0.15, -0.1) is 0 Å². The Labute approximate surface area is 129 Å². The van der Waals surface area contributed by atoms with Crippen molar-refractivity contribution in [3.05, 3.63) is 28.8 Å². The number of rotatable bonds is 5. The summed E-state index contributed by atoms with van der Waals surface area (Å²) < 4.78 is 0. The number of carboxylic acids is 1. The van der Waals surface area contributed by atoms with Crippen molar-refractivity contribution in [2.75, 3.05) is 0 Å². The highest BCUT2D eigenvalue weighted by molar-refractivity contribution is 6.02. The van der Waals surface area contributed by atoms with Crippen molar-refractivity contribution in [2.45, 2.75) is 46.3 Å². The molecule has 0 fully saturated rings. The molecule has 1 aromatic carbocycles. The van der Waals surface area contributed by atoms with E-state index in [1.807, 2.05) is 0 Å². The van der Waals surface area contributed by atoms with Crippen LogP contribution in [0, 0.1) is 13.8 Å². The Kier molecular flexibility index (Phi) is 5.49. The molecular weight excluding hydrogens is 286 g/mol. The minimum Gasteiger partial charge on any atom is -0.508 e. The van der Waals surface area contributed by atoms with E-state index in [0.717, 1.165) is 0 Å². The van der Waals surface area contributed by atoms with Crippen LogP contribution < -0.4 is 5.48 Å². The number of aliphatic carboxylic acids is 1. The molecule has 0 amide bonds. The summed E-state index contributed by atoms with van der Waals surface area (Å²) >= 11 is 0. The topological polar surface area (TPSA) is 95.9 Å². The molecular formula is C16H21NO5. The van der Waals surface area contributed by atoms with Gasteiger partial charge in [-0.3, -0.25) is 9.63 Å². The summed E-state index contributed by atoms with van der Waals surface area (Å²) in [5, 5.41) is 18.9. The number of benzene rings is 1. The van der Waals surface area contributed by atoms with Crippen LogP contribution in [0.4, 0.5) is 0 Å². The van der Waals surface area contributed by atoms with E-state index < -0.39 is 17.6 Å². The maximum Gasteiger partial charge on any atom is 0.328 e. The van der Waals surface area contributed by atoms with E-state index >= 15 is 0 Å². The smallest absolute Gasteiger partial charge is 0.328 e. The van der Waals surface area contributed by atoms with Gasteiger partial charge in [0, 0.05) is 0 Å². The summed E-state index contributed by atoms with van der Waals surface area (Å²) in [6, 6.07) is 1.56. The van der Waals surface area contributed by atoms with E-state index in [1.54, 1.807) is 40.6 Å². The van der Waals surface area contributed by atoms with Crippen LogP contribution in [-0.2, 0) is 14.4 Å². The quantitative estimate of drug-likeness (QED) is 0.569. The van der Waals surface area contributed by atoms with Crippen LogP contribution in [0.5, 0.6) is 5.75 Å². The lowest BCUT2D eigenvalue weighted by molar-refractivity contribution is -0.146. The molecule has 3 N–H and O–H groups in total. The van der Waals surface area contributed by atoms with Crippen molar-refractivity contribution in [3.63, 3.8) is 0 Å². The first-order valence-electron chi connectivity index (χ1n) is 6.78.